The van der Waals surface area contributed by atoms with Crippen LogP contribution >= 0.6 is 0 Å². The Morgan fingerprint density at radius 2 is 2.08 bits per heavy atom. The summed E-state index contributed by atoms with van der Waals surface area (Å²) in [6.07, 6.45) is 8.34. The van der Waals surface area contributed by atoms with Crippen LogP contribution < -0.4 is 0 Å². The Morgan fingerprint density at radius 3 is 2.92 bits per heavy atom. The van der Waals surface area contributed by atoms with Crippen LogP contribution in [0.4, 0.5) is 0 Å². The van der Waals surface area contributed by atoms with Gasteiger partial charge in [0.05, 0.1) is 5.69 Å². The van der Waals surface area contributed by atoms with Crippen molar-refractivity contribution >= 4 is 5.78 Å². The lowest BCUT2D eigenvalue weighted by Gasteiger charge is -2.40. The summed E-state index contributed by atoms with van der Waals surface area (Å²) in [7, 11) is 0. The first-order valence-corrected chi connectivity index (χ1v) is 9.80. The zero-order chi connectivity index (χ0) is 18.0. The predicted octanol–water partition coefficient (Wildman–Crippen LogP) is 3.73. The second-order valence-corrected chi connectivity index (χ2v) is 7.84. The van der Waals surface area contributed by atoms with Crippen LogP contribution in [-0.2, 0) is 11.8 Å². The lowest BCUT2D eigenvalue weighted by atomic mass is 9.77. The molecule has 0 N–H and O–H groups in total. The molecule has 0 radical (unpaired) electrons. The summed E-state index contributed by atoms with van der Waals surface area (Å²) < 4.78 is 0. The molecule has 4 heteroatoms. The number of carbonyl (C=O) groups is 1. The van der Waals surface area contributed by atoms with Gasteiger partial charge in [-0.05, 0) is 57.7 Å². The number of hydrogen-bond acceptors (Lipinski definition) is 4. The molecule has 2 aromatic rings. The standard InChI is InChI=1S/C22H27N3O/c1-17-23-15-19-10-12-22(21(19)24-17)11-6-14-25(16-22)13-5-9-20(26)18-7-3-2-4-8-18/h2-4,7-8,15H,5-6,9-14,16H2,1H3. The van der Waals surface area contributed by atoms with Gasteiger partial charge < -0.3 is 4.90 Å². The summed E-state index contributed by atoms with van der Waals surface area (Å²) in [5.74, 6) is 1.14. The van der Waals surface area contributed by atoms with Crippen molar-refractivity contribution in [3.8, 4) is 0 Å². The van der Waals surface area contributed by atoms with E-state index >= 15 is 0 Å². The van der Waals surface area contributed by atoms with Crippen LogP contribution in [0.3, 0.4) is 0 Å². The SMILES string of the molecule is Cc1ncc2c(n1)C1(CCCN(CCCC(=O)c3ccccc3)C1)CC2. The molecule has 0 amide bonds. The summed E-state index contributed by atoms with van der Waals surface area (Å²) in [6, 6.07) is 9.64. The second-order valence-electron chi connectivity index (χ2n) is 7.84. The van der Waals surface area contributed by atoms with E-state index in [0.717, 1.165) is 43.9 Å². The van der Waals surface area contributed by atoms with Gasteiger partial charge in [-0.25, -0.2) is 9.97 Å². The number of nitrogens with zero attached hydrogens (tertiary/aromatic N) is 3. The largest absolute Gasteiger partial charge is 0.302 e. The summed E-state index contributed by atoms with van der Waals surface area (Å²) in [6.45, 7) is 5.21. The van der Waals surface area contributed by atoms with Crippen molar-refractivity contribution in [2.24, 2.45) is 0 Å². The number of fused-ring (bicyclic) bond motifs is 2. The van der Waals surface area contributed by atoms with Crippen molar-refractivity contribution in [3.05, 3.63) is 59.2 Å². The monoisotopic (exact) mass is 349 g/mol. The second kappa shape index (κ2) is 7.28. The molecular formula is C22H27N3O. The molecule has 1 fully saturated rings. The molecule has 4 rings (SSSR count). The van der Waals surface area contributed by atoms with Crippen LogP contribution in [0.15, 0.2) is 36.5 Å². The van der Waals surface area contributed by atoms with Crippen LogP contribution in [0.1, 0.15) is 59.5 Å². The molecule has 1 aromatic heterocycles. The Kier molecular flexibility index (Phi) is 4.86. The number of aromatic nitrogens is 2. The molecule has 26 heavy (non-hydrogen) atoms. The topological polar surface area (TPSA) is 46.1 Å². The van der Waals surface area contributed by atoms with Crippen LogP contribution in [0.5, 0.6) is 0 Å². The minimum Gasteiger partial charge on any atom is -0.302 e. The molecule has 136 valence electrons. The molecular weight excluding hydrogens is 322 g/mol. The molecule has 1 saturated heterocycles. The normalized spacial score (nSPS) is 22.5. The van der Waals surface area contributed by atoms with E-state index in [2.05, 4.69) is 9.88 Å². The fourth-order valence-electron chi connectivity index (χ4n) is 4.68. The molecule has 1 spiro atoms. The number of rotatable bonds is 5. The van der Waals surface area contributed by atoms with Gasteiger partial charge in [0, 0.05) is 30.1 Å². The lowest BCUT2D eigenvalue weighted by Crippen LogP contribution is -2.45. The van der Waals surface area contributed by atoms with E-state index < -0.39 is 0 Å². The molecule has 1 atom stereocenters. The molecule has 1 aromatic carbocycles. The van der Waals surface area contributed by atoms with Crippen LogP contribution in [0.25, 0.3) is 0 Å². The van der Waals surface area contributed by atoms with Crippen molar-refractivity contribution in [3.63, 3.8) is 0 Å². The fourth-order valence-corrected chi connectivity index (χ4v) is 4.68. The van der Waals surface area contributed by atoms with Crippen molar-refractivity contribution in [1.82, 2.24) is 14.9 Å². The van der Waals surface area contributed by atoms with Crippen LogP contribution in [0.2, 0.25) is 0 Å². The van der Waals surface area contributed by atoms with E-state index in [-0.39, 0.29) is 11.2 Å². The number of ketones is 1. The first-order valence-electron chi connectivity index (χ1n) is 9.80. The third-order valence-corrected chi connectivity index (χ3v) is 5.99. The Bertz CT molecular complexity index is 785. The number of aryl methyl sites for hydroxylation is 2. The Balaban J connectivity index is 1.37. The van der Waals surface area contributed by atoms with Gasteiger partial charge in [0.25, 0.3) is 0 Å². The number of likely N-dealkylation sites (tertiary alicyclic amines) is 1. The van der Waals surface area contributed by atoms with Gasteiger partial charge in [-0.2, -0.15) is 0 Å². The van der Waals surface area contributed by atoms with Gasteiger partial charge in [0.15, 0.2) is 5.78 Å². The minimum absolute atomic E-state index is 0.213. The molecule has 0 saturated carbocycles. The van der Waals surface area contributed by atoms with E-state index in [1.807, 2.05) is 43.5 Å². The molecule has 4 nitrogen and oxygen atoms in total. The highest BCUT2D eigenvalue weighted by Crippen LogP contribution is 2.43. The highest BCUT2D eigenvalue weighted by Gasteiger charge is 2.43. The third-order valence-electron chi connectivity index (χ3n) is 5.99. The predicted molar refractivity (Wildman–Crippen MR) is 102 cm³/mol. The van der Waals surface area contributed by atoms with Gasteiger partial charge in [-0.3, -0.25) is 4.79 Å². The summed E-state index contributed by atoms with van der Waals surface area (Å²) in [5.41, 5.74) is 3.69. The minimum atomic E-state index is 0.213. The Morgan fingerprint density at radius 1 is 1.23 bits per heavy atom. The number of piperidine rings is 1. The smallest absolute Gasteiger partial charge is 0.162 e. The molecule has 0 bridgehead atoms. The summed E-state index contributed by atoms with van der Waals surface area (Å²) >= 11 is 0. The number of benzene rings is 1. The number of carbonyl (C=O) groups excluding carboxylic acids is 1. The van der Waals surface area contributed by atoms with Gasteiger partial charge in [-0.15, -0.1) is 0 Å². The van der Waals surface area contributed by atoms with Crippen molar-refractivity contribution in [2.45, 2.75) is 50.9 Å². The van der Waals surface area contributed by atoms with Crippen molar-refractivity contribution in [1.29, 1.82) is 0 Å². The maximum atomic E-state index is 12.3. The zero-order valence-electron chi connectivity index (χ0n) is 15.6. The molecule has 1 aliphatic carbocycles. The van der Waals surface area contributed by atoms with Gasteiger partial charge in [0.2, 0.25) is 0 Å². The average molecular weight is 349 g/mol. The van der Waals surface area contributed by atoms with E-state index in [9.17, 15) is 4.79 Å². The van der Waals surface area contributed by atoms with E-state index in [0.29, 0.717) is 6.42 Å². The average Bonchev–Trinajstić information content (AvgIpc) is 3.00. The van der Waals surface area contributed by atoms with Gasteiger partial charge in [0.1, 0.15) is 5.82 Å². The highest BCUT2D eigenvalue weighted by molar-refractivity contribution is 5.95. The first-order chi connectivity index (χ1) is 12.7. The van der Waals surface area contributed by atoms with Crippen molar-refractivity contribution in [2.75, 3.05) is 19.6 Å². The number of Topliss-reactive ketones (excluding diaryl/α,β-unsaturated/α-hetero) is 1. The first kappa shape index (κ1) is 17.3. The zero-order valence-corrected chi connectivity index (χ0v) is 15.6. The molecule has 2 heterocycles. The number of hydrogen-bond donors (Lipinski definition) is 0. The maximum absolute atomic E-state index is 12.3. The fraction of sp³-hybridized carbons (Fsp3) is 0.500. The van der Waals surface area contributed by atoms with E-state index in [1.54, 1.807) is 0 Å². The maximum Gasteiger partial charge on any atom is 0.162 e. The molecule has 1 unspecified atom stereocenters. The van der Waals surface area contributed by atoms with Crippen LogP contribution in [-0.4, -0.2) is 40.3 Å². The molecule has 2 aliphatic rings. The van der Waals surface area contributed by atoms with Crippen molar-refractivity contribution < 1.29 is 4.79 Å². The highest BCUT2D eigenvalue weighted by atomic mass is 16.1. The lowest BCUT2D eigenvalue weighted by molar-refractivity contribution is 0.0963. The Hall–Kier alpha value is -2.07. The quantitative estimate of drug-likeness (QED) is 0.772. The van der Waals surface area contributed by atoms with E-state index in [4.69, 9.17) is 4.98 Å². The third kappa shape index (κ3) is 3.43. The Labute approximate surface area is 155 Å². The summed E-state index contributed by atoms with van der Waals surface area (Å²) in [5, 5.41) is 0. The summed E-state index contributed by atoms with van der Waals surface area (Å²) in [4.78, 5) is 24.1. The van der Waals surface area contributed by atoms with Crippen LogP contribution in [0, 0.1) is 6.92 Å². The van der Waals surface area contributed by atoms with Gasteiger partial charge >= 0.3 is 0 Å². The van der Waals surface area contributed by atoms with E-state index in [1.165, 1.54) is 30.5 Å². The molecule has 1 aliphatic heterocycles. The van der Waals surface area contributed by atoms with Gasteiger partial charge in [-0.1, -0.05) is 30.3 Å².